The molecule has 0 radical (unpaired) electrons. The van der Waals surface area contributed by atoms with Crippen molar-refractivity contribution in [2.45, 2.75) is 38.4 Å². The van der Waals surface area contributed by atoms with Gasteiger partial charge in [-0.2, -0.15) is 4.98 Å². The summed E-state index contributed by atoms with van der Waals surface area (Å²) in [5.74, 6) is 0.580. The number of nitrogens with zero attached hydrogens (tertiary/aromatic N) is 4. The molecule has 7 nitrogen and oxygen atoms in total. The molecule has 0 N–H and O–H groups in total. The molecule has 4 rings (SSSR count). The van der Waals surface area contributed by atoms with E-state index in [0.29, 0.717) is 29.4 Å². The van der Waals surface area contributed by atoms with Gasteiger partial charge in [-0.15, -0.1) is 0 Å². The Morgan fingerprint density at radius 2 is 2.08 bits per heavy atom. The van der Waals surface area contributed by atoms with Crippen molar-refractivity contribution in [3.63, 3.8) is 0 Å². The Hall–Kier alpha value is -2.41. The molecule has 25 heavy (non-hydrogen) atoms. The average molecular weight is 361 g/mol. The Balaban J connectivity index is 1.57. The quantitative estimate of drug-likeness (QED) is 0.837. The van der Waals surface area contributed by atoms with E-state index in [4.69, 9.17) is 16.1 Å². The summed E-state index contributed by atoms with van der Waals surface area (Å²) in [6, 6.07) is 6.31. The highest BCUT2D eigenvalue weighted by Crippen LogP contribution is 2.29. The third-order valence-corrected chi connectivity index (χ3v) is 5.15. The smallest absolute Gasteiger partial charge is 0.246 e. The Morgan fingerprint density at radius 1 is 1.28 bits per heavy atom. The molecule has 0 saturated carbocycles. The molecule has 1 aromatic carbocycles. The van der Waals surface area contributed by atoms with Crippen molar-refractivity contribution in [1.82, 2.24) is 19.9 Å². The summed E-state index contributed by atoms with van der Waals surface area (Å²) >= 11 is 6.15. The van der Waals surface area contributed by atoms with Crippen LogP contribution in [-0.2, 0) is 16.1 Å². The van der Waals surface area contributed by atoms with E-state index in [9.17, 15) is 9.59 Å². The lowest BCUT2D eigenvalue weighted by Crippen LogP contribution is -2.61. The maximum atomic E-state index is 12.7. The number of carbonyl (C=O) groups is 2. The minimum Gasteiger partial charge on any atom is -0.337 e. The third kappa shape index (κ3) is 2.68. The number of piperazine rings is 1. The van der Waals surface area contributed by atoms with Crippen molar-refractivity contribution in [3.8, 4) is 11.4 Å². The number of hydrogen-bond acceptors (Lipinski definition) is 5. The predicted octanol–water partition coefficient (Wildman–Crippen LogP) is 2.11. The Morgan fingerprint density at radius 3 is 2.88 bits per heavy atom. The molecule has 3 heterocycles. The van der Waals surface area contributed by atoms with Crippen LogP contribution in [0.4, 0.5) is 0 Å². The van der Waals surface area contributed by atoms with E-state index in [0.717, 1.165) is 6.42 Å². The Kier molecular flexibility index (Phi) is 3.95. The van der Waals surface area contributed by atoms with Crippen molar-refractivity contribution in [1.29, 1.82) is 0 Å². The van der Waals surface area contributed by atoms with Crippen LogP contribution in [0, 0.1) is 0 Å². The summed E-state index contributed by atoms with van der Waals surface area (Å²) in [5, 5.41) is 4.47. The van der Waals surface area contributed by atoms with Crippen molar-refractivity contribution >= 4 is 23.4 Å². The molecule has 0 aliphatic carbocycles. The fourth-order valence-corrected chi connectivity index (χ4v) is 3.69. The van der Waals surface area contributed by atoms with Gasteiger partial charge >= 0.3 is 0 Å². The molecule has 130 valence electrons. The van der Waals surface area contributed by atoms with E-state index in [1.54, 1.807) is 24.0 Å². The largest absolute Gasteiger partial charge is 0.337 e. The van der Waals surface area contributed by atoms with Crippen LogP contribution in [0.5, 0.6) is 0 Å². The number of amides is 2. The second-order valence-electron chi connectivity index (χ2n) is 6.32. The van der Waals surface area contributed by atoms with Crippen molar-refractivity contribution in [2.75, 3.05) is 6.54 Å². The summed E-state index contributed by atoms with van der Waals surface area (Å²) in [6.45, 7) is 2.51. The van der Waals surface area contributed by atoms with E-state index >= 15 is 0 Å². The minimum atomic E-state index is -0.530. The van der Waals surface area contributed by atoms with Crippen LogP contribution in [0.15, 0.2) is 28.8 Å². The van der Waals surface area contributed by atoms with Crippen molar-refractivity contribution in [2.24, 2.45) is 0 Å². The highest BCUT2D eigenvalue weighted by molar-refractivity contribution is 6.33. The lowest BCUT2D eigenvalue weighted by molar-refractivity contribution is -0.159. The first kappa shape index (κ1) is 16.1. The van der Waals surface area contributed by atoms with Gasteiger partial charge in [0, 0.05) is 12.1 Å². The van der Waals surface area contributed by atoms with Gasteiger partial charge < -0.3 is 14.3 Å². The summed E-state index contributed by atoms with van der Waals surface area (Å²) in [6.07, 6.45) is 1.57. The highest BCUT2D eigenvalue weighted by Gasteiger charge is 2.46. The molecule has 2 saturated heterocycles. The van der Waals surface area contributed by atoms with E-state index in [1.165, 1.54) is 4.90 Å². The van der Waals surface area contributed by atoms with Gasteiger partial charge in [-0.05, 0) is 31.9 Å². The standard InChI is InChI=1S/C17H17ClN4O3/c1-10-16(23)21-8-4-7-13(21)17(24)22(10)9-14-19-15(20-25-14)11-5-2-3-6-12(11)18/h2-3,5-6,10,13H,4,7-9H2,1H3/t10-,13+/m0/s1. The van der Waals surface area contributed by atoms with Crippen LogP contribution < -0.4 is 0 Å². The molecule has 1 aromatic heterocycles. The van der Waals surface area contributed by atoms with Gasteiger partial charge in [0.05, 0.1) is 5.02 Å². The molecule has 2 aliphatic rings. The molecule has 0 spiro atoms. The number of aromatic nitrogens is 2. The van der Waals surface area contributed by atoms with Crippen LogP contribution in [0.25, 0.3) is 11.4 Å². The SMILES string of the molecule is C[C@H]1C(=O)N2CCC[C@@H]2C(=O)N1Cc1nc(-c2ccccc2Cl)no1. The van der Waals surface area contributed by atoms with Gasteiger partial charge in [0.2, 0.25) is 23.5 Å². The summed E-state index contributed by atoms with van der Waals surface area (Å²) < 4.78 is 5.28. The predicted molar refractivity (Wildman–Crippen MR) is 89.5 cm³/mol. The van der Waals surface area contributed by atoms with Gasteiger partial charge in [-0.3, -0.25) is 9.59 Å². The summed E-state index contributed by atoms with van der Waals surface area (Å²) in [4.78, 5) is 32.7. The highest BCUT2D eigenvalue weighted by atomic mass is 35.5. The van der Waals surface area contributed by atoms with Gasteiger partial charge in [0.15, 0.2) is 0 Å². The Bertz CT molecular complexity index is 837. The molecule has 0 bridgehead atoms. The lowest BCUT2D eigenvalue weighted by Gasteiger charge is -2.40. The first-order chi connectivity index (χ1) is 12.1. The second-order valence-corrected chi connectivity index (χ2v) is 6.73. The van der Waals surface area contributed by atoms with Gasteiger partial charge in [0.25, 0.3) is 0 Å². The maximum absolute atomic E-state index is 12.7. The number of fused-ring (bicyclic) bond motifs is 1. The van der Waals surface area contributed by atoms with Crippen LogP contribution in [0.3, 0.4) is 0 Å². The molecular weight excluding hydrogens is 344 g/mol. The molecular formula is C17H17ClN4O3. The monoisotopic (exact) mass is 360 g/mol. The van der Waals surface area contributed by atoms with Gasteiger partial charge in [-0.1, -0.05) is 28.9 Å². The van der Waals surface area contributed by atoms with Crippen LogP contribution in [0.2, 0.25) is 5.02 Å². The average Bonchev–Trinajstić information content (AvgIpc) is 3.27. The second kappa shape index (κ2) is 6.15. The van der Waals surface area contributed by atoms with Crippen LogP contribution in [0.1, 0.15) is 25.7 Å². The minimum absolute atomic E-state index is 0.0204. The molecule has 2 amide bonds. The normalized spacial score (nSPS) is 23.3. The number of carbonyl (C=O) groups excluding carboxylic acids is 2. The molecule has 2 fully saturated rings. The van der Waals surface area contributed by atoms with Crippen LogP contribution in [-0.4, -0.2) is 50.4 Å². The lowest BCUT2D eigenvalue weighted by atomic mass is 10.1. The van der Waals surface area contributed by atoms with E-state index in [2.05, 4.69) is 10.1 Å². The van der Waals surface area contributed by atoms with Gasteiger partial charge in [0.1, 0.15) is 18.6 Å². The zero-order valence-electron chi connectivity index (χ0n) is 13.7. The topological polar surface area (TPSA) is 79.5 Å². The molecule has 2 aliphatic heterocycles. The summed E-state index contributed by atoms with van der Waals surface area (Å²) in [5.41, 5.74) is 0.662. The Labute approximate surface area is 149 Å². The number of rotatable bonds is 3. The fourth-order valence-electron chi connectivity index (χ4n) is 3.47. The van der Waals surface area contributed by atoms with Crippen molar-refractivity contribution < 1.29 is 14.1 Å². The molecule has 0 unspecified atom stereocenters. The zero-order chi connectivity index (χ0) is 17.6. The number of benzene rings is 1. The van der Waals surface area contributed by atoms with Crippen LogP contribution >= 0.6 is 11.6 Å². The van der Waals surface area contributed by atoms with E-state index in [-0.39, 0.29) is 30.3 Å². The first-order valence-corrected chi connectivity index (χ1v) is 8.62. The third-order valence-electron chi connectivity index (χ3n) is 4.82. The van der Waals surface area contributed by atoms with E-state index < -0.39 is 6.04 Å². The fraction of sp³-hybridized carbons (Fsp3) is 0.412. The molecule has 2 aromatic rings. The maximum Gasteiger partial charge on any atom is 0.246 e. The summed E-state index contributed by atoms with van der Waals surface area (Å²) in [7, 11) is 0. The molecule has 8 heteroatoms. The van der Waals surface area contributed by atoms with E-state index in [1.807, 2.05) is 12.1 Å². The first-order valence-electron chi connectivity index (χ1n) is 8.24. The zero-order valence-corrected chi connectivity index (χ0v) is 14.4. The number of hydrogen-bond donors (Lipinski definition) is 0. The number of halogens is 1. The van der Waals surface area contributed by atoms with Crippen molar-refractivity contribution in [3.05, 3.63) is 35.2 Å². The van der Waals surface area contributed by atoms with Gasteiger partial charge in [-0.25, -0.2) is 0 Å². The molecule has 2 atom stereocenters.